The highest BCUT2D eigenvalue weighted by atomic mass is 35.5. The van der Waals surface area contributed by atoms with Crippen LogP contribution in [0.3, 0.4) is 0 Å². The smallest absolute Gasteiger partial charge is 0.345 e. The molecule has 0 atom stereocenters. The number of benzene rings is 1. The van der Waals surface area contributed by atoms with Crippen LogP contribution < -0.4 is 0 Å². The van der Waals surface area contributed by atoms with E-state index in [2.05, 4.69) is 11.8 Å². The topological polar surface area (TPSA) is 37.3 Å². The van der Waals surface area contributed by atoms with Gasteiger partial charge in [-0.25, -0.2) is 4.79 Å². The molecule has 0 unspecified atom stereocenters. The quantitative estimate of drug-likeness (QED) is 0.665. The lowest BCUT2D eigenvalue weighted by atomic mass is 10.1. The van der Waals surface area contributed by atoms with Crippen LogP contribution in [0.25, 0.3) is 10.1 Å². The Labute approximate surface area is 108 Å². The van der Waals surface area contributed by atoms with E-state index in [1.807, 2.05) is 18.2 Å². The van der Waals surface area contributed by atoms with Crippen LogP contribution in [-0.2, 0) is 0 Å². The molecule has 1 heterocycles. The van der Waals surface area contributed by atoms with Crippen LogP contribution in [0.15, 0.2) is 24.3 Å². The fourth-order valence-corrected chi connectivity index (χ4v) is 2.50. The maximum Gasteiger partial charge on any atom is 0.345 e. The van der Waals surface area contributed by atoms with E-state index in [0.717, 1.165) is 15.6 Å². The van der Waals surface area contributed by atoms with E-state index in [0.29, 0.717) is 17.2 Å². The van der Waals surface area contributed by atoms with Gasteiger partial charge in [0.1, 0.15) is 4.88 Å². The minimum Gasteiger partial charge on any atom is -0.477 e. The second-order valence-electron chi connectivity index (χ2n) is 3.37. The Morgan fingerprint density at radius 1 is 1.47 bits per heavy atom. The van der Waals surface area contributed by atoms with Crippen molar-refractivity contribution in [2.75, 3.05) is 5.88 Å². The number of fused-ring (bicyclic) bond motifs is 1. The van der Waals surface area contributed by atoms with Crippen molar-refractivity contribution in [2.24, 2.45) is 0 Å². The Morgan fingerprint density at radius 2 is 2.29 bits per heavy atom. The highest BCUT2D eigenvalue weighted by molar-refractivity contribution is 7.20. The van der Waals surface area contributed by atoms with Crippen molar-refractivity contribution in [2.45, 2.75) is 6.42 Å². The zero-order valence-corrected chi connectivity index (χ0v) is 10.4. The number of alkyl halides is 1. The molecule has 0 spiro atoms. The van der Waals surface area contributed by atoms with Crippen molar-refractivity contribution >= 4 is 39.0 Å². The predicted molar refractivity (Wildman–Crippen MR) is 71.0 cm³/mol. The van der Waals surface area contributed by atoms with E-state index < -0.39 is 5.97 Å². The first-order valence-corrected chi connectivity index (χ1v) is 6.38. The molecule has 0 radical (unpaired) electrons. The van der Waals surface area contributed by atoms with Gasteiger partial charge < -0.3 is 5.11 Å². The number of aromatic carboxylic acids is 1. The Balaban J connectivity index is 2.50. The maximum absolute atomic E-state index is 10.9. The van der Waals surface area contributed by atoms with Gasteiger partial charge in [0.05, 0.1) is 0 Å². The molecule has 0 bridgehead atoms. The third-order valence-corrected chi connectivity index (χ3v) is 3.49. The van der Waals surface area contributed by atoms with Gasteiger partial charge in [0, 0.05) is 28.0 Å². The molecule has 0 aliphatic carbocycles. The largest absolute Gasteiger partial charge is 0.477 e. The zero-order chi connectivity index (χ0) is 12.3. The van der Waals surface area contributed by atoms with Crippen LogP contribution in [-0.4, -0.2) is 17.0 Å². The first-order valence-electron chi connectivity index (χ1n) is 5.03. The molecule has 2 nitrogen and oxygen atoms in total. The lowest BCUT2D eigenvalue weighted by molar-refractivity contribution is 0.0702. The number of hydrogen-bond acceptors (Lipinski definition) is 2. The minimum absolute atomic E-state index is 0.339. The average Bonchev–Trinajstić information content (AvgIpc) is 2.74. The van der Waals surface area contributed by atoms with E-state index in [-0.39, 0.29) is 0 Å². The highest BCUT2D eigenvalue weighted by Gasteiger charge is 2.09. The third-order valence-electron chi connectivity index (χ3n) is 2.21. The van der Waals surface area contributed by atoms with Gasteiger partial charge in [0.15, 0.2) is 0 Å². The van der Waals surface area contributed by atoms with Crippen LogP contribution in [0.4, 0.5) is 0 Å². The normalized spacial score (nSPS) is 9.94. The second-order valence-corrected chi connectivity index (χ2v) is 4.84. The standard InChI is InChI=1S/C13H9ClO2S/c14-7-2-1-4-9-5-3-6-11-10(9)8-12(17-11)13(15)16/h3,5-6,8H,2,7H2,(H,15,16). The number of hydrogen-bond donors (Lipinski definition) is 1. The Bertz CT molecular complexity index is 619. The van der Waals surface area contributed by atoms with Gasteiger partial charge in [-0.05, 0) is 18.2 Å². The molecule has 2 rings (SSSR count). The van der Waals surface area contributed by atoms with Crippen LogP contribution in [0.2, 0.25) is 0 Å². The third kappa shape index (κ3) is 2.60. The van der Waals surface area contributed by atoms with E-state index in [1.165, 1.54) is 11.3 Å². The SMILES string of the molecule is O=C(O)c1cc2c(C#CCCCl)cccc2s1. The molecule has 0 fully saturated rings. The summed E-state index contributed by atoms with van der Waals surface area (Å²) in [5, 5.41) is 9.85. The Hall–Kier alpha value is -1.50. The van der Waals surface area contributed by atoms with Crippen molar-refractivity contribution in [3.63, 3.8) is 0 Å². The summed E-state index contributed by atoms with van der Waals surface area (Å²) in [5.74, 6) is 5.59. The van der Waals surface area contributed by atoms with E-state index in [9.17, 15) is 4.79 Å². The van der Waals surface area contributed by atoms with E-state index >= 15 is 0 Å². The van der Waals surface area contributed by atoms with Crippen molar-refractivity contribution in [1.82, 2.24) is 0 Å². The number of carboxylic acids is 1. The van der Waals surface area contributed by atoms with Gasteiger partial charge >= 0.3 is 5.97 Å². The summed E-state index contributed by atoms with van der Waals surface area (Å²) >= 11 is 6.82. The maximum atomic E-state index is 10.9. The molecule has 4 heteroatoms. The van der Waals surface area contributed by atoms with Crippen molar-refractivity contribution in [1.29, 1.82) is 0 Å². The molecule has 1 N–H and O–H groups in total. The van der Waals surface area contributed by atoms with Crippen molar-refractivity contribution in [3.8, 4) is 11.8 Å². The van der Waals surface area contributed by atoms with Gasteiger partial charge in [-0.15, -0.1) is 22.9 Å². The number of halogens is 1. The van der Waals surface area contributed by atoms with E-state index in [4.69, 9.17) is 16.7 Å². The number of rotatable bonds is 2. The molecular weight excluding hydrogens is 256 g/mol. The average molecular weight is 265 g/mol. The van der Waals surface area contributed by atoms with Crippen LogP contribution in [0.1, 0.15) is 21.7 Å². The van der Waals surface area contributed by atoms with Crippen molar-refractivity contribution in [3.05, 3.63) is 34.7 Å². The van der Waals surface area contributed by atoms with Crippen molar-refractivity contribution < 1.29 is 9.90 Å². The Morgan fingerprint density at radius 3 is 3.00 bits per heavy atom. The summed E-state index contributed by atoms with van der Waals surface area (Å²) < 4.78 is 0.945. The molecule has 2 aromatic rings. The van der Waals surface area contributed by atoms with Gasteiger partial charge in [0.2, 0.25) is 0 Å². The molecule has 0 saturated heterocycles. The second kappa shape index (κ2) is 5.22. The Kier molecular flexibility index (Phi) is 3.68. The van der Waals surface area contributed by atoms with Gasteiger partial charge in [0.25, 0.3) is 0 Å². The molecule has 0 aliphatic heterocycles. The fourth-order valence-electron chi connectivity index (χ4n) is 1.48. The molecule has 0 saturated carbocycles. The van der Waals surface area contributed by atoms with Gasteiger partial charge in [-0.1, -0.05) is 17.9 Å². The van der Waals surface area contributed by atoms with E-state index in [1.54, 1.807) is 6.07 Å². The summed E-state index contributed by atoms with van der Waals surface area (Å²) in [7, 11) is 0. The highest BCUT2D eigenvalue weighted by Crippen LogP contribution is 2.28. The first kappa shape index (κ1) is 12.0. The molecule has 86 valence electrons. The van der Waals surface area contributed by atoms with Crippen LogP contribution in [0, 0.1) is 11.8 Å². The van der Waals surface area contributed by atoms with Gasteiger partial charge in [-0.2, -0.15) is 0 Å². The number of thiophene rings is 1. The summed E-state index contributed by atoms with van der Waals surface area (Å²) in [6, 6.07) is 7.35. The molecule has 0 aliphatic rings. The molecule has 1 aromatic heterocycles. The fraction of sp³-hybridized carbons (Fsp3) is 0.154. The summed E-state index contributed by atoms with van der Waals surface area (Å²) in [6.07, 6.45) is 0.633. The minimum atomic E-state index is -0.897. The lowest BCUT2D eigenvalue weighted by Gasteiger charge is -1.92. The summed E-state index contributed by atoms with van der Waals surface area (Å²) in [4.78, 5) is 11.2. The number of carboxylic acid groups (broad SMARTS) is 1. The lowest BCUT2D eigenvalue weighted by Crippen LogP contribution is -1.89. The molecule has 17 heavy (non-hydrogen) atoms. The van der Waals surface area contributed by atoms with Crippen LogP contribution in [0.5, 0.6) is 0 Å². The zero-order valence-electron chi connectivity index (χ0n) is 8.87. The molecule has 0 amide bonds. The molecule has 1 aromatic carbocycles. The van der Waals surface area contributed by atoms with Gasteiger partial charge in [-0.3, -0.25) is 0 Å². The number of carbonyl (C=O) groups is 1. The summed E-state index contributed by atoms with van der Waals surface area (Å²) in [6.45, 7) is 0. The summed E-state index contributed by atoms with van der Waals surface area (Å²) in [5.41, 5.74) is 0.858. The van der Waals surface area contributed by atoms with Crippen LogP contribution >= 0.6 is 22.9 Å². The predicted octanol–water partition coefficient (Wildman–Crippen LogP) is 3.58. The first-order chi connectivity index (χ1) is 8.22. The monoisotopic (exact) mass is 264 g/mol. The molecular formula is C13H9ClO2S.